The first-order chi connectivity index (χ1) is 8.43. The molecule has 1 heterocycles. The number of urea groups is 1. The fraction of sp³-hybridized carbons (Fsp3) is 0.538. The topological polar surface area (TPSA) is 63.2 Å². The van der Waals surface area contributed by atoms with Crippen LogP contribution in [-0.4, -0.2) is 29.8 Å². The monoisotopic (exact) mass is 251 g/mol. The summed E-state index contributed by atoms with van der Waals surface area (Å²) in [4.78, 5) is 15.7. The first-order valence-electron chi connectivity index (χ1n) is 5.96. The molecule has 0 saturated heterocycles. The van der Waals surface area contributed by atoms with Gasteiger partial charge in [0.1, 0.15) is 5.82 Å². The van der Waals surface area contributed by atoms with E-state index in [9.17, 15) is 4.79 Å². The summed E-state index contributed by atoms with van der Waals surface area (Å²) in [5.41, 5.74) is -0.252. The van der Waals surface area contributed by atoms with Gasteiger partial charge >= 0.3 is 6.03 Å². The van der Waals surface area contributed by atoms with Crippen LogP contribution in [0.4, 0.5) is 10.6 Å². The Bertz CT molecular complexity index is 379. The molecule has 1 aromatic rings. The van der Waals surface area contributed by atoms with E-state index in [1.165, 1.54) is 0 Å². The Labute approximate surface area is 108 Å². The third kappa shape index (κ3) is 5.14. The first kappa shape index (κ1) is 14.4. The van der Waals surface area contributed by atoms with Gasteiger partial charge in [0.2, 0.25) is 0 Å². The molecule has 0 fully saturated rings. The van der Waals surface area contributed by atoms with E-state index >= 15 is 0 Å². The Morgan fingerprint density at radius 1 is 1.50 bits per heavy atom. The van der Waals surface area contributed by atoms with E-state index < -0.39 is 0 Å². The molecule has 100 valence electrons. The fourth-order valence-corrected chi connectivity index (χ4v) is 1.68. The largest absolute Gasteiger partial charge is 0.379 e. The van der Waals surface area contributed by atoms with Gasteiger partial charge in [0, 0.05) is 19.3 Å². The normalized spacial score (nSPS) is 12.9. The molecule has 0 bridgehead atoms. The molecule has 1 rings (SSSR count). The van der Waals surface area contributed by atoms with Crippen LogP contribution in [0.1, 0.15) is 27.2 Å². The number of anilines is 1. The first-order valence-corrected chi connectivity index (χ1v) is 5.96. The second kappa shape index (κ2) is 6.35. The number of nitrogens with one attached hydrogen (secondary N) is 2. The number of pyridine rings is 1. The molecule has 5 nitrogen and oxygen atoms in total. The molecule has 0 unspecified atom stereocenters. The lowest BCUT2D eigenvalue weighted by Gasteiger charge is -2.27. The van der Waals surface area contributed by atoms with Gasteiger partial charge in [-0.2, -0.15) is 0 Å². The average Bonchev–Trinajstić information content (AvgIpc) is 2.29. The Kier molecular flexibility index (Phi) is 5.09. The second-order valence-corrected chi connectivity index (χ2v) is 4.88. The minimum absolute atomic E-state index is 0.0173. The molecule has 0 aliphatic rings. The molecule has 2 N–H and O–H groups in total. The number of hydrogen-bond donors (Lipinski definition) is 2. The van der Waals surface area contributed by atoms with Gasteiger partial charge < -0.3 is 10.1 Å². The number of ether oxygens (including phenoxy) is 1. The van der Waals surface area contributed by atoms with Gasteiger partial charge in [0.15, 0.2) is 0 Å². The minimum Gasteiger partial charge on any atom is -0.379 e. The van der Waals surface area contributed by atoms with Crippen LogP contribution in [0.15, 0.2) is 24.4 Å². The maximum atomic E-state index is 11.7. The lowest BCUT2D eigenvalue weighted by atomic mass is 10.00. The minimum atomic E-state index is -0.256. The standard InChI is InChI=1S/C13H21N3O2/c1-10(9-13(2,3)18-4)15-12(17)16-11-7-5-6-8-14-11/h5-8,10H,9H2,1-4H3,(H2,14,15,16,17)/t10-/m1/s1. The van der Waals surface area contributed by atoms with Gasteiger partial charge in [0.25, 0.3) is 0 Å². The molecule has 1 atom stereocenters. The number of methoxy groups -OCH3 is 1. The summed E-state index contributed by atoms with van der Waals surface area (Å²) in [5, 5.41) is 5.52. The van der Waals surface area contributed by atoms with Gasteiger partial charge in [-0.05, 0) is 39.3 Å². The molecule has 5 heteroatoms. The van der Waals surface area contributed by atoms with E-state index in [1.807, 2.05) is 26.8 Å². The van der Waals surface area contributed by atoms with Crippen molar-refractivity contribution in [1.29, 1.82) is 0 Å². The van der Waals surface area contributed by atoms with Crippen molar-refractivity contribution in [2.75, 3.05) is 12.4 Å². The number of carbonyl (C=O) groups excluding carboxylic acids is 1. The van der Waals surface area contributed by atoms with Crippen molar-refractivity contribution in [2.24, 2.45) is 0 Å². The lowest BCUT2D eigenvalue weighted by Crippen LogP contribution is -2.41. The van der Waals surface area contributed by atoms with Gasteiger partial charge in [-0.3, -0.25) is 5.32 Å². The van der Waals surface area contributed by atoms with E-state index in [0.29, 0.717) is 5.82 Å². The van der Waals surface area contributed by atoms with Crippen LogP contribution < -0.4 is 10.6 Å². The van der Waals surface area contributed by atoms with Crippen molar-refractivity contribution in [3.63, 3.8) is 0 Å². The molecule has 0 saturated carbocycles. The van der Waals surface area contributed by atoms with Gasteiger partial charge in [0.05, 0.1) is 5.60 Å². The van der Waals surface area contributed by atoms with Gasteiger partial charge in [-0.1, -0.05) is 6.07 Å². The van der Waals surface area contributed by atoms with Crippen LogP contribution >= 0.6 is 0 Å². The average molecular weight is 251 g/mol. The number of rotatable bonds is 5. The van der Waals surface area contributed by atoms with Crippen LogP contribution in [0, 0.1) is 0 Å². The molecule has 2 amide bonds. The Balaban J connectivity index is 2.41. The summed E-state index contributed by atoms with van der Waals surface area (Å²) in [7, 11) is 1.67. The molecule has 18 heavy (non-hydrogen) atoms. The summed E-state index contributed by atoms with van der Waals surface area (Å²) < 4.78 is 5.32. The lowest BCUT2D eigenvalue weighted by molar-refractivity contribution is 0.00963. The molecule has 0 aliphatic heterocycles. The van der Waals surface area contributed by atoms with Gasteiger partial charge in [-0.15, -0.1) is 0 Å². The van der Waals surface area contributed by atoms with Gasteiger partial charge in [-0.25, -0.2) is 9.78 Å². The van der Waals surface area contributed by atoms with Crippen LogP contribution in [-0.2, 0) is 4.74 Å². The highest BCUT2D eigenvalue weighted by Crippen LogP contribution is 2.15. The molecule has 0 spiro atoms. The molecule has 0 aliphatic carbocycles. The van der Waals surface area contributed by atoms with E-state index in [4.69, 9.17) is 4.74 Å². The summed E-state index contributed by atoms with van der Waals surface area (Å²) in [6.07, 6.45) is 2.37. The Morgan fingerprint density at radius 3 is 2.78 bits per heavy atom. The number of carbonyl (C=O) groups is 1. The second-order valence-electron chi connectivity index (χ2n) is 4.88. The molecule has 0 radical (unpaired) electrons. The van der Waals surface area contributed by atoms with Crippen molar-refractivity contribution in [3.05, 3.63) is 24.4 Å². The quantitative estimate of drug-likeness (QED) is 0.844. The summed E-state index contributed by atoms with van der Waals surface area (Å²) >= 11 is 0. The zero-order valence-corrected chi connectivity index (χ0v) is 11.4. The number of hydrogen-bond acceptors (Lipinski definition) is 3. The van der Waals surface area contributed by atoms with Crippen LogP contribution in [0.5, 0.6) is 0 Å². The van der Waals surface area contributed by atoms with Crippen LogP contribution in [0.2, 0.25) is 0 Å². The highest BCUT2D eigenvalue weighted by molar-refractivity contribution is 5.88. The zero-order valence-electron chi connectivity index (χ0n) is 11.4. The zero-order chi connectivity index (χ0) is 13.6. The molecular formula is C13H21N3O2. The highest BCUT2D eigenvalue weighted by Gasteiger charge is 2.21. The predicted octanol–water partition coefficient (Wildman–Crippen LogP) is 2.41. The molecular weight excluding hydrogens is 230 g/mol. The van der Waals surface area contributed by atoms with E-state index in [-0.39, 0.29) is 17.7 Å². The maximum absolute atomic E-state index is 11.7. The third-order valence-electron chi connectivity index (χ3n) is 2.63. The number of amides is 2. The SMILES string of the molecule is COC(C)(C)C[C@@H](C)NC(=O)Nc1ccccn1. The van der Waals surface area contributed by atoms with E-state index in [2.05, 4.69) is 15.6 Å². The molecule has 1 aromatic heterocycles. The van der Waals surface area contributed by atoms with Crippen molar-refractivity contribution in [1.82, 2.24) is 10.3 Å². The summed E-state index contributed by atoms with van der Waals surface area (Å²) in [6.45, 7) is 5.92. The Hall–Kier alpha value is -1.62. The van der Waals surface area contributed by atoms with Crippen LogP contribution in [0.25, 0.3) is 0 Å². The molecule has 0 aromatic carbocycles. The van der Waals surface area contributed by atoms with Crippen molar-refractivity contribution < 1.29 is 9.53 Å². The van der Waals surface area contributed by atoms with E-state index in [0.717, 1.165) is 6.42 Å². The highest BCUT2D eigenvalue weighted by atomic mass is 16.5. The number of nitrogens with zero attached hydrogens (tertiary/aromatic N) is 1. The third-order valence-corrected chi connectivity index (χ3v) is 2.63. The van der Waals surface area contributed by atoms with E-state index in [1.54, 1.807) is 25.4 Å². The number of aromatic nitrogens is 1. The Morgan fingerprint density at radius 2 is 2.22 bits per heavy atom. The predicted molar refractivity (Wildman–Crippen MR) is 71.6 cm³/mol. The van der Waals surface area contributed by atoms with Crippen molar-refractivity contribution >= 4 is 11.8 Å². The summed E-state index contributed by atoms with van der Waals surface area (Å²) in [5.74, 6) is 0.535. The van der Waals surface area contributed by atoms with Crippen molar-refractivity contribution in [2.45, 2.75) is 38.8 Å². The van der Waals surface area contributed by atoms with Crippen LogP contribution in [0.3, 0.4) is 0 Å². The van der Waals surface area contributed by atoms with Crippen molar-refractivity contribution in [3.8, 4) is 0 Å². The summed E-state index contributed by atoms with van der Waals surface area (Å²) in [6, 6.07) is 5.12. The fourth-order valence-electron chi connectivity index (χ4n) is 1.68. The smallest absolute Gasteiger partial charge is 0.320 e. The maximum Gasteiger partial charge on any atom is 0.320 e.